The molecule has 0 N–H and O–H groups in total. The van der Waals surface area contributed by atoms with Gasteiger partial charge in [0.1, 0.15) is 5.37 Å². The van der Waals surface area contributed by atoms with Gasteiger partial charge in [-0.25, -0.2) is 0 Å². The van der Waals surface area contributed by atoms with Crippen molar-refractivity contribution in [3.63, 3.8) is 0 Å². The Morgan fingerprint density at radius 1 is 1.27 bits per heavy atom. The molecule has 0 saturated carbocycles. The molecule has 22 heavy (non-hydrogen) atoms. The molecule has 1 fully saturated rings. The smallest absolute Gasteiger partial charge is 0.211 e. The minimum absolute atomic E-state index is 0.0136. The molecule has 1 aromatic heterocycles. The largest absolute Gasteiger partial charge is 0.379 e. The first-order valence-electron chi connectivity index (χ1n) is 7.20. The number of benzene rings is 1. The highest BCUT2D eigenvalue weighted by molar-refractivity contribution is 7.99. The van der Waals surface area contributed by atoms with Crippen molar-refractivity contribution in [2.75, 3.05) is 32.6 Å². The van der Waals surface area contributed by atoms with Crippen LogP contribution in [0.15, 0.2) is 40.9 Å². The van der Waals surface area contributed by atoms with E-state index in [0.29, 0.717) is 24.7 Å². The van der Waals surface area contributed by atoms with Crippen LogP contribution in [-0.2, 0) is 4.74 Å². The predicted molar refractivity (Wildman–Crippen MR) is 86.0 cm³/mol. The molecule has 116 valence electrons. The molecule has 0 bridgehead atoms. The van der Waals surface area contributed by atoms with Crippen LogP contribution in [0.1, 0.15) is 10.5 Å². The Bertz CT molecular complexity index is 623. The summed E-state index contributed by atoms with van der Waals surface area (Å²) in [6, 6.07) is 11.4. The Morgan fingerprint density at radius 2 is 2.00 bits per heavy atom. The van der Waals surface area contributed by atoms with Crippen LogP contribution in [0.2, 0.25) is 0 Å². The summed E-state index contributed by atoms with van der Waals surface area (Å²) in [7, 11) is 0. The first-order valence-corrected chi connectivity index (χ1v) is 8.49. The van der Waals surface area contributed by atoms with Crippen molar-refractivity contribution >= 4 is 17.5 Å². The van der Waals surface area contributed by atoms with Crippen molar-refractivity contribution in [2.24, 2.45) is 0 Å². The summed E-state index contributed by atoms with van der Waals surface area (Å²) in [4.78, 5) is 14.8. The second-order valence-corrected chi connectivity index (χ2v) is 5.96. The van der Waals surface area contributed by atoms with E-state index in [9.17, 15) is 4.79 Å². The Kier molecular flexibility index (Phi) is 4.92. The normalized spacial score (nSPS) is 17.3. The zero-order valence-corrected chi connectivity index (χ0v) is 13.2. The van der Waals surface area contributed by atoms with E-state index in [4.69, 9.17) is 9.26 Å². The molecular formula is C16H18N2O3S. The average Bonchev–Trinajstić information content (AvgIpc) is 3.07. The van der Waals surface area contributed by atoms with E-state index >= 15 is 0 Å². The molecule has 1 saturated heterocycles. The van der Waals surface area contributed by atoms with Gasteiger partial charge in [0.25, 0.3) is 0 Å². The number of hydrogen-bond donors (Lipinski definition) is 0. The van der Waals surface area contributed by atoms with E-state index < -0.39 is 0 Å². The summed E-state index contributed by atoms with van der Waals surface area (Å²) in [5.74, 6) is 0.603. The van der Waals surface area contributed by atoms with Gasteiger partial charge in [0.15, 0.2) is 11.5 Å². The third-order valence-corrected chi connectivity index (χ3v) is 4.60. The number of Topliss-reactive ketones (excluding diaryl/α,β-unsaturated/α-hetero) is 1. The predicted octanol–water partition coefficient (Wildman–Crippen LogP) is 2.55. The molecule has 5 nitrogen and oxygen atoms in total. The molecule has 3 rings (SSSR count). The van der Waals surface area contributed by atoms with Crippen LogP contribution in [-0.4, -0.2) is 53.8 Å². The van der Waals surface area contributed by atoms with Crippen LogP contribution in [0.25, 0.3) is 11.3 Å². The third kappa shape index (κ3) is 3.24. The number of carbonyl (C=O) groups is 1. The Hall–Kier alpha value is -1.63. The van der Waals surface area contributed by atoms with E-state index in [2.05, 4.69) is 10.1 Å². The molecule has 1 aliphatic rings. The number of aromatic nitrogens is 1. The number of carbonyl (C=O) groups excluding carboxylic acids is 1. The highest BCUT2D eigenvalue weighted by Gasteiger charge is 2.29. The highest BCUT2D eigenvalue weighted by Crippen LogP contribution is 2.23. The number of morpholine rings is 1. The lowest BCUT2D eigenvalue weighted by atomic mass is 10.1. The maximum atomic E-state index is 12.7. The third-order valence-electron chi connectivity index (χ3n) is 3.65. The van der Waals surface area contributed by atoms with Crippen molar-refractivity contribution in [1.82, 2.24) is 10.1 Å². The van der Waals surface area contributed by atoms with Gasteiger partial charge in [0.05, 0.1) is 13.2 Å². The molecule has 2 aromatic rings. The van der Waals surface area contributed by atoms with E-state index in [-0.39, 0.29) is 11.2 Å². The van der Waals surface area contributed by atoms with Crippen LogP contribution in [0, 0.1) is 0 Å². The van der Waals surface area contributed by atoms with Gasteiger partial charge in [-0.2, -0.15) is 0 Å². The lowest BCUT2D eigenvalue weighted by Gasteiger charge is -2.31. The average molecular weight is 318 g/mol. The SMILES string of the molecule is CSC(C(=O)c1cc(-c2ccccc2)on1)N1CCOCC1. The first kappa shape index (κ1) is 15.3. The van der Waals surface area contributed by atoms with Crippen molar-refractivity contribution in [3.8, 4) is 11.3 Å². The van der Waals surface area contributed by atoms with Crippen LogP contribution in [0.4, 0.5) is 0 Å². The van der Waals surface area contributed by atoms with E-state index in [0.717, 1.165) is 18.7 Å². The second-order valence-electron chi connectivity index (χ2n) is 5.04. The Morgan fingerprint density at radius 3 is 2.68 bits per heavy atom. The molecule has 0 aliphatic carbocycles. The molecule has 6 heteroatoms. The van der Waals surface area contributed by atoms with Gasteiger partial charge in [-0.15, -0.1) is 11.8 Å². The Balaban J connectivity index is 1.78. The zero-order valence-electron chi connectivity index (χ0n) is 12.4. The van der Waals surface area contributed by atoms with Gasteiger partial charge in [0, 0.05) is 24.7 Å². The Labute approximate surface area is 133 Å². The van der Waals surface area contributed by atoms with Crippen molar-refractivity contribution in [1.29, 1.82) is 0 Å². The number of ketones is 1. The lowest BCUT2D eigenvalue weighted by Crippen LogP contribution is -2.45. The van der Waals surface area contributed by atoms with Crippen LogP contribution < -0.4 is 0 Å². The maximum absolute atomic E-state index is 12.7. The summed E-state index contributed by atoms with van der Waals surface area (Å²) in [6.07, 6.45) is 1.94. The number of nitrogens with zero attached hydrogens (tertiary/aromatic N) is 2. The van der Waals surface area contributed by atoms with Gasteiger partial charge in [-0.05, 0) is 6.26 Å². The molecule has 1 unspecified atom stereocenters. The molecule has 1 aliphatic heterocycles. The minimum Gasteiger partial charge on any atom is -0.379 e. The summed E-state index contributed by atoms with van der Waals surface area (Å²) in [6.45, 7) is 2.86. The fourth-order valence-electron chi connectivity index (χ4n) is 2.49. The molecule has 1 aromatic carbocycles. The van der Waals surface area contributed by atoms with Crippen molar-refractivity contribution in [2.45, 2.75) is 5.37 Å². The van der Waals surface area contributed by atoms with Gasteiger partial charge >= 0.3 is 0 Å². The molecule has 0 amide bonds. The summed E-state index contributed by atoms with van der Waals surface area (Å²) >= 11 is 1.52. The lowest BCUT2D eigenvalue weighted by molar-refractivity contribution is 0.0316. The minimum atomic E-state index is -0.238. The van der Waals surface area contributed by atoms with E-state index in [1.807, 2.05) is 36.6 Å². The van der Waals surface area contributed by atoms with Crippen molar-refractivity contribution < 1.29 is 14.1 Å². The fraction of sp³-hybridized carbons (Fsp3) is 0.375. The van der Waals surface area contributed by atoms with E-state index in [1.165, 1.54) is 11.8 Å². The fourth-order valence-corrected chi connectivity index (χ4v) is 3.33. The molecule has 2 heterocycles. The van der Waals surface area contributed by atoms with Crippen LogP contribution in [0.5, 0.6) is 0 Å². The van der Waals surface area contributed by atoms with Gasteiger partial charge in [-0.3, -0.25) is 9.69 Å². The molecule has 1 atom stereocenters. The van der Waals surface area contributed by atoms with Crippen LogP contribution in [0.3, 0.4) is 0 Å². The van der Waals surface area contributed by atoms with Gasteiger partial charge in [-0.1, -0.05) is 35.5 Å². The van der Waals surface area contributed by atoms with Crippen LogP contribution >= 0.6 is 11.8 Å². The monoisotopic (exact) mass is 318 g/mol. The highest BCUT2D eigenvalue weighted by atomic mass is 32.2. The molecular weight excluding hydrogens is 300 g/mol. The number of ether oxygens (including phenoxy) is 1. The first-order chi connectivity index (χ1) is 10.8. The summed E-state index contributed by atoms with van der Waals surface area (Å²) in [5, 5.41) is 3.72. The molecule has 0 radical (unpaired) electrons. The van der Waals surface area contributed by atoms with Gasteiger partial charge < -0.3 is 9.26 Å². The second kappa shape index (κ2) is 7.09. The summed E-state index contributed by atoms with van der Waals surface area (Å²) < 4.78 is 10.7. The number of thioether (sulfide) groups is 1. The van der Waals surface area contributed by atoms with E-state index in [1.54, 1.807) is 6.07 Å². The van der Waals surface area contributed by atoms with Gasteiger partial charge in [0.2, 0.25) is 5.78 Å². The standard InChI is InChI=1S/C16H18N2O3S/c1-22-16(18-7-9-20-10-8-18)15(19)13-11-14(21-17-13)12-5-3-2-4-6-12/h2-6,11,16H,7-10H2,1H3. The molecule has 0 spiro atoms. The maximum Gasteiger partial charge on any atom is 0.211 e. The summed E-state index contributed by atoms with van der Waals surface area (Å²) in [5.41, 5.74) is 1.30. The van der Waals surface area contributed by atoms with Crippen molar-refractivity contribution in [3.05, 3.63) is 42.1 Å². The number of rotatable bonds is 5. The zero-order chi connectivity index (χ0) is 15.4. The topological polar surface area (TPSA) is 55.6 Å². The quantitative estimate of drug-likeness (QED) is 0.790. The number of hydrogen-bond acceptors (Lipinski definition) is 6.